The van der Waals surface area contributed by atoms with Gasteiger partial charge in [-0.25, -0.2) is 8.70 Å². The highest BCUT2D eigenvalue weighted by molar-refractivity contribution is 7.98. The number of aliphatic hydroxyl groups is 1. The third-order valence-corrected chi connectivity index (χ3v) is 4.41. The molecule has 0 aliphatic rings. The summed E-state index contributed by atoms with van der Waals surface area (Å²) in [6.07, 6.45) is 3.13. The fraction of sp³-hybridized carbons (Fsp3) is 0.167. The van der Waals surface area contributed by atoms with Gasteiger partial charge in [-0.2, -0.15) is 5.26 Å². The second-order valence-corrected chi connectivity index (χ2v) is 6.50. The zero-order chi connectivity index (χ0) is 19.2. The largest absolute Gasteiger partial charge is 0.453 e. The van der Waals surface area contributed by atoms with E-state index in [-0.39, 0.29) is 17.9 Å². The molecule has 3 rings (SSSR count). The molecule has 0 fully saturated rings. The molecule has 0 amide bonds. The smallest absolute Gasteiger partial charge is 0.182 e. The molecule has 7 nitrogen and oxygen atoms in total. The average Bonchev–Trinajstić information content (AvgIpc) is 2.68. The molecule has 2 aromatic carbocycles. The first-order chi connectivity index (χ1) is 13.1. The predicted molar refractivity (Wildman–Crippen MR) is 102 cm³/mol. The number of hydrogen-bond donors (Lipinski definition) is 2. The quantitative estimate of drug-likeness (QED) is 0.598. The van der Waals surface area contributed by atoms with Gasteiger partial charge in [-0.3, -0.25) is 9.97 Å². The summed E-state index contributed by atoms with van der Waals surface area (Å²) in [6.45, 7) is 0.432. The van der Waals surface area contributed by atoms with Crippen molar-refractivity contribution in [1.29, 1.82) is 5.26 Å². The number of nitriles is 1. The van der Waals surface area contributed by atoms with Crippen LogP contribution in [0.5, 0.6) is 11.5 Å². The van der Waals surface area contributed by atoms with Crippen LogP contribution in [-0.2, 0) is 0 Å². The van der Waals surface area contributed by atoms with Gasteiger partial charge in [0, 0.05) is 37.1 Å². The van der Waals surface area contributed by atoms with Crippen molar-refractivity contribution in [2.75, 3.05) is 24.9 Å². The fourth-order valence-corrected chi connectivity index (χ4v) is 2.89. The number of aliphatic hydroxyl groups excluding tert-OH is 1. The Morgan fingerprint density at radius 2 is 2.04 bits per heavy atom. The molecule has 138 valence electrons. The van der Waals surface area contributed by atoms with E-state index in [2.05, 4.69) is 14.7 Å². The molecule has 27 heavy (non-hydrogen) atoms. The third-order valence-electron chi connectivity index (χ3n) is 3.61. The SMILES string of the molecule is CN(CCO)SNc1ccc(F)c(Oc2ccc3nccnc3c2)c1C#N. The summed E-state index contributed by atoms with van der Waals surface area (Å²) in [6, 6.07) is 9.66. The van der Waals surface area contributed by atoms with Crippen LogP contribution in [0.4, 0.5) is 10.1 Å². The maximum Gasteiger partial charge on any atom is 0.182 e. The molecule has 1 heterocycles. The highest BCUT2D eigenvalue weighted by Gasteiger charge is 2.17. The standard InChI is InChI=1S/C18H16FN5O2S/c1-24(8-9-25)27-23-15-5-3-14(19)18(13(15)11-20)26-12-2-4-16-17(10-12)22-7-6-21-16/h2-7,10,23,25H,8-9H2,1H3. The minimum Gasteiger partial charge on any atom is -0.453 e. The van der Waals surface area contributed by atoms with Gasteiger partial charge in [0.15, 0.2) is 11.6 Å². The number of ether oxygens (including phenoxy) is 1. The number of likely N-dealkylation sites (N-methyl/N-ethyl adjacent to an activating group) is 1. The van der Waals surface area contributed by atoms with Crippen molar-refractivity contribution in [1.82, 2.24) is 14.3 Å². The normalized spacial score (nSPS) is 10.8. The maximum absolute atomic E-state index is 14.4. The van der Waals surface area contributed by atoms with Crippen LogP contribution in [0, 0.1) is 17.1 Å². The Morgan fingerprint density at radius 3 is 2.78 bits per heavy atom. The van der Waals surface area contributed by atoms with E-state index in [1.54, 1.807) is 41.9 Å². The first-order valence-electron chi connectivity index (χ1n) is 7.98. The van der Waals surface area contributed by atoms with Crippen LogP contribution in [0.1, 0.15) is 5.56 Å². The number of anilines is 1. The minimum atomic E-state index is -0.648. The Hall–Kier alpha value is -2.93. The molecule has 0 spiro atoms. The van der Waals surface area contributed by atoms with Crippen molar-refractivity contribution in [2.45, 2.75) is 0 Å². The lowest BCUT2D eigenvalue weighted by Gasteiger charge is -2.17. The lowest BCUT2D eigenvalue weighted by Crippen LogP contribution is -2.16. The molecule has 0 unspecified atom stereocenters. The van der Waals surface area contributed by atoms with Gasteiger partial charge in [-0.05, 0) is 31.3 Å². The Bertz CT molecular complexity index is 995. The summed E-state index contributed by atoms with van der Waals surface area (Å²) in [5.74, 6) is -0.471. The Morgan fingerprint density at radius 1 is 1.26 bits per heavy atom. The van der Waals surface area contributed by atoms with E-state index in [0.29, 0.717) is 29.0 Å². The van der Waals surface area contributed by atoms with Gasteiger partial charge in [-0.1, -0.05) is 0 Å². The van der Waals surface area contributed by atoms with Gasteiger partial charge >= 0.3 is 0 Å². The molecule has 0 bridgehead atoms. The van der Waals surface area contributed by atoms with E-state index in [9.17, 15) is 9.65 Å². The molecule has 0 radical (unpaired) electrons. The second kappa shape index (κ2) is 8.64. The fourth-order valence-electron chi connectivity index (χ4n) is 2.29. The first-order valence-corrected chi connectivity index (χ1v) is 8.76. The Labute approximate surface area is 159 Å². The van der Waals surface area contributed by atoms with Crippen LogP contribution in [0.3, 0.4) is 0 Å². The lowest BCUT2D eigenvalue weighted by molar-refractivity contribution is 0.273. The number of nitrogens with zero attached hydrogens (tertiary/aromatic N) is 4. The summed E-state index contributed by atoms with van der Waals surface area (Å²) in [5.41, 5.74) is 1.73. The van der Waals surface area contributed by atoms with E-state index in [1.807, 2.05) is 6.07 Å². The van der Waals surface area contributed by atoms with Crippen molar-refractivity contribution in [2.24, 2.45) is 0 Å². The van der Waals surface area contributed by atoms with Crippen molar-refractivity contribution in [3.05, 3.63) is 54.1 Å². The highest BCUT2D eigenvalue weighted by atomic mass is 32.2. The van der Waals surface area contributed by atoms with Gasteiger partial charge in [0.1, 0.15) is 17.4 Å². The molecule has 9 heteroatoms. The van der Waals surface area contributed by atoms with E-state index in [4.69, 9.17) is 9.84 Å². The van der Waals surface area contributed by atoms with E-state index < -0.39 is 5.82 Å². The number of benzene rings is 2. The molecule has 0 aliphatic heterocycles. The number of rotatable bonds is 7. The van der Waals surface area contributed by atoms with Crippen LogP contribution in [0.15, 0.2) is 42.7 Å². The average molecular weight is 385 g/mol. The van der Waals surface area contributed by atoms with E-state index in [1.165, 1.54) is 24.3 Å². The minimum absolute atomic E-state index is 0.00107. The second-order valence-electron chi connectivity index (χ2n) is 5.49. The highest BCUT2D eigenvalue weighted by Crippen LogP contribution is 2.34. The van der Waals surface area contributed by atoms with Gasteiger partial charge in [0.25, 0.3) is 0 Å². The van der Waals surface area contributed by atoms with Crippen LogP contribution >= 0.6 is 12.1 Å². The van der Waals surface area contributed by atoms with Crippen molar-refractivity contribution in [3.8, 4) is 17.6 Å². The Balaban J connectivity index is 1.89. The molecular weight excluding hydrogens is 369 g/mol. The zero-order valence-electron chi connectivity index (χ0n) is 14.4. The van der Waals surface area contributed by atoms with Crippen molar-refractivity contribution >= 4 is 28.9 Å². The van der Waals surface area contributed by atoms with Crippen molar-refractivity contribution < 1.29 is 14.2 Å². The molecular formula is C18H16FN5O2S. The summed E-state index contributed by atoms with van der Waals surface area (Å²) in [5, 5.41) is 18.5. The molecule has 0 saturated heterocycles. The van der Waals surface area contributed by atoms with Gasteiger partial charge in [0.05, 0.1) is 23.3 Å². The molecule has 3 aromatic rings. The van der Waals surface area contributed by atoms with Gasteiger partial charge in [-0.15, -0.1) is 0 Å². The summed E-state index contributed by atoms with van der Waals surface area (Å²) in [7, 11) is 1.77. The number of fused-ring (bicyclic) bond motifs is 1. The van der Waals surface area contributed by atoms with Crippen LogP contribution in [0.25, 0.3) is 11.0 Å². The zero-order valence-corrected chi connectivity index (χ0v) is 15.2. The van der Waals surface area contributed by atoms with Gasteiger partial charge < -0.3 is 14.6 Å². The maximum atomic E-state index is 14.4. The van der Waals surface area contributed by atoms with Crippen LogP contribution < -0.4 is 9.46 Å². The molecule has 0 atom stereocenters. The van der Waals surface area contributed by atoms with Crippen molar-refractivity contribution in [3.63, 3.8) is 0 Å². The lowest BCUT2D eigenvalue weighted by atomic mass is 10.1. The molecule has 1 aromatic heterocycles. The third kappa shape index (κ3) is 4.43. The van der Waals surface area contributed by atoms with Crippen LogP contribution in [-0.4, -0.2) is 39.6 Å². The number of hydrogen-bond acceptors (Lipinski definition) is 8. The topological polar surface area (TPSA) is 94.3 Å². The number of halogens is 1. The van der Waals surface area contributed by atoms with Gasteiger partial charge in [0.2, 0.25) is 0 Å². The van der Waals surface area contributed by atoms with Crippen LogP contribution in [0.2, 0.25) is 0 Å². The number of nitrogens with one attached hydrogen (secondary N) is 1. The number of aromatic nitrogens is 2. The molecule has 2 N–H and O–H groups in total. The van der Waals surface area contributed by atoms with E-state index >= 15 is 0 Å². The predicted octanol–water partition coefficient (Wildman–Crippen LogP) is 3.33. The summed E-state index contributed by atoms with van der Waals surface area (Å²) >= 11 is 1.18. The summed E-state index contributed by atoms with van der Waals surface area (Å²) < 4.78 is 24.7. The monoisotopic (exact) mass is 385 g/mol. The Kier molecular flexibility index (Phi) is 6.03. The summed E-state index contributed by atoms with van der Waals surface area (Å²) in [4.78, 5) is 8.36. The first kappa shape index (κ1) is 18.8. The molecule has 0 aliphatic carbocycles. The van der Waals surface area contributed by atoms with E-state index in [0.717, 1.165) is 0 Å². The molecule has 0 saturated carbocycles.